The fourth-order valence-electron chi connectivity index (χ4n) is 3.56. The van der Waals surface area contributed by atoms with Gasteiger partial charge in [-0.1, -0.05) is 25.5 Å². The van der Waals surface area contributed by atoms with Gasteiger partial charge in [-0.3, -0.25) is 14.3 Å². The van der Waals surface area contributed by atoms with E-state index in [4.69, 9.17) is 0 Å². The first-order valence-corrected chi connectivity index (χ1v) is 8.40. The second-order valence-corrected chi connectivity index (χ2v) is 6.68. The normalized spacial score (nSPS) is 20.9. The number of carbonyl (C=O) groups is 1. The number of hydrogen-bond donors (Lipinski definition) is 0. The Morgan fingerprint density at radius 2 is 2.04 bits per heavy atom. The van der Waals surface area contributed by atoms with Gasteiger partial charge >= 0.3 is 0 Å². The molecule has 1 amide bonds. The number of likely N-dealkylation sites (tertiary alicyclic amines) is 1. The summed E-state index contributed by atoms with van der Waals surface area (Å²) in [6, 6.07) is 7.68. The van der Waals surface area contributed by atoms with Crippen molar-refractivity contribution < 1.29 is 4.79 Å². The molecule has 128 valence electrons. The lowest BCUT2D eigenvalue weighted by Gasteiger charge is -2.23. The van der Waals surface area contributed by atoms with Gasteiger partial charge in [-0.15, -0.1) is 0 Å². The highest BCUT2D eigenvalue weighted by atomic mass is 16.2. The van der Waals surface area contributed by atoms with E-state index in [1.54, 1.807) is 10.7 Å². The largest absolute Gasteiger partial charge is 0.339 e. The summed E-state index contributed by atoms with van der Waals surface area (Å²) in [4.78, 5) is 28.8. The van der Waals surface area contributed by atoms with Crippen molar-refractivity contribution in [3.05, 3.63) is 40.7 Å². The second kappa shape index (κ2) is 6.73. The topological polar surface area (TPSA) is 58.4 Å². The predicted molar refractivity (Wildman–Crippen MR) is 93.8 cm³/mol. The van der Waals surface area contributed by atoms with Crippen LogP contribution in [0.15, 0.2) is 35.3 Å². The SMILES string of the molecule is CC[C@@H]1CN(C(=O)Cn2ncc(=O)c3ccccc32)C[C@@H]1N(C)C. The average Bonchev–Trinajstić information content (AvgIpc) is 3.02. The molecule has 1 saturated heterocycles. The molecule has 1 aliphatic heterocycles. The molecule has 0 N–H and O–H groups in total. The molecule has 0 aliphatic carbocycles. The standard InChI is InChI=1S/C18H24N4O2/c1-4-13-10-21(11-16(13)20(2)3)18(24)12-22-15-8-6-5-7-14(15)17(23)9-19-22/h5-9,13,16H,4,10-12H2,1-3H3/t13-,16+/m1/s1. The van der Waals surface area contributed by atoms with Crippen LogP contribution in [0.3, 0.4) is 0 Å². The van der Waals surface area contributed by atoms with E-state index in [1.165, 1.54) is 6.20 Å². The number of aromatic nitrogens is 2. The van der Waals surface area contributed by atoms with E-state index >= 15 is 0 Å². The third-order valence-corrected chi connectivity index (χ3v) is 4.99. The minimum atomic E-state index is -0.116. The Hall–Kier alpha value is -2.21. The minimum absolute atomic E-state index is 0.0547. The van der Waals surface area contributed by atoms with Gasteiger partial charge in [0.25, 0.3) is 0 Å². The second-order valence-electron chi connectivity index (χ2n) is 6.68. The fraction of sp³-hybridized carbons (Fsp3) is 0.500. The maximum atomic E-state index is 12.7. The molecular weight excluding hydrogens is 304 g/mol. The maximum Gasteiger partial charge on any atom is 0.244 e. The first-order chi connectivity index (χ1) is 11.5. The van der Waals surface area contributed by atoms with Crippen LogP contribution in [0.4, 0.5) is 0 Å². The molecule has 6 heteroatoms. The van der Waals surface area contributed by atoms with Gasteiger partial charge in [0.15, 0.2) is 0 Å². The Balaban J connectivity index is 1.81. The summed E-state index contributed by atoms with van der Waals surface area (Å²) >= 11 is 0. The maximum absolute atomic E-state index is 12.7. The van der Waals surface area contributed by atoms with Crippen LogP contribution in [-0.2, 0) is 11.3 Å². The van der Waals surface area contributed by atoms with Crippen LogP contribution in [0.2, 0.25) is 0 Å². The van der Waals surface area contributed by atoms with E-state index in [9.17, 15) is 9.59 Å². The number of amides is 1. The van der Waals surface area contributed by atoms with Crippen LogP contribution in [0, 0.1) is 5.92 Å². The Kier molecular flexibility index (Phi) is 4.66. The molecule has 6 nitrogen and oxygen atoms in total. The zero-order valence-electron chi connectivity index (χ0n) is 14.5. The molecule has 24 heavy (non-hydrogen) atoms. The number of likely N-dealkylation sites (N-methyl/N-ethyl adjacent to an activating group) is 1. The van der Waals surface area contributed by atoms with Gasteiger partial charge in [-0.2, -0.15) is 5.10 Å². The summed E-state index contributed by atoms with van der Waals surface area (Å²) in [5.74, 6) is 0.557. The van der Waals surface area contributed by atoms with Gasteiger partial charge in [0.2, 0.25) is 11.3 Å². The molecule has 0 spiro atoms. The van der Waals surface area contributed by atoms with Crippen LogP contribution in [0.25, 0.3) is 10.9 Å². The Bertz CT molecular complexity index is 799. The lowest BCUT2D eigenvalue weighted by molar-refractivity contribution is -0.131. The van der Waals surface area contributed by atoms with Crippen molar-refractivity contribution >= 4 is 16.8 Å². The number of carbonyl (C=O) groups excluding carboxylic acids is 1. The number of hydrogen-bond acceptors (Lipinski definition) is 4. The summed E-state index contributed by atoms with van der Waals surface area (Å²) in [6.07, 6.45) is 2.35. The lowest BCUT2D eigenvalue weighted by atomic mass is 10.0. The summed E-state index contributed by atoms with van der Waals surface area (Å²) < 4.78 is 1.63. The average molecular weight is 328 g/mol. The summed E-state index contributed by atoms with van der Waals surface area (Å²) in [7, 11) is 4.14. The van der Waals surface area contributed by atoms with E-state index in [0.717, 1.165) is 19.5 Å². The number of benzene rings is 1. The van der Waals surface area contributed by atoms with Crippen molar-refractivity contribution in [2.24, 2.45) is 5.92 Å². The summed E-state index contributed by atoms with van der Waals surface area (Å²) in [5, 5.41) is 4.75. The first-order valence-electron chi connectivity index (χ1n) is 8.40. The van der Waals surface area contributed by atoms with E-state index in [-0.39, 0.29) is 17.9 Å². The molecular formula is C18H24N4O2. The summed E-state index contributed by atoms with van der Waals surface area (Å²) in [5.41, 5.74) is 0.586. The van der Waals surface area contributed by atoms with Crippen molar-refractivity contribution in [1.82, 2.24) is 19.6 Å². The molecule has 2 aromatic rings. The number of para-hydroxylation sites is 1. The van der Waals surface area contributed by atoms with Gasteiger partial charge in [-0.25, -0.2) is 0 Å². The van der Waals surface area contributed by atoms with Crippen LogP contribution >= 0.6 is 0 Å². The molecule has 1 aromatic heterocycles. The number of nitrogens with zero attached hydrogens (tertiary/aromatic N) is 4. The van der Waals surface area contributed by atoms with Gasteiger partial charge in [0, 0.05) is 24.5 Å². The third-order valence-electron chi connectivity index (χ3n) is 4.99. The molecule has 3 rings (SSSR count). The molecule has 2 heterocycles. The third kappa shape index (κ3) is 3.06. The molecule has 0 bridgehead atoms. The van der Waals surface area contributed by atoms with E-state index < -0.39 is 0 Å². The van der Waals surface area contributed by atoms with Gasteiger partial charge in [0.1, 0.15) is 6.54 Å². The quantitative estimate of drug-likeness (QED) is 0.846. The molecule has 2 atom stereocenters. The zero-order chi connectivity index (χ0) is 17.3. The Morgan fingerprint density at radius 1 is 1.29 bits per heavy atom. The van der Waals surface area contributed by atoms with Crippen molar-refractivity contribution in [1.29, 1.82) is 0 Å². The number of rotatable bonds is 4. The highest BCUT2D eigenvalue weighted by Gasteiger charge is 2.35. The van der Waals surface area contributed by atoms with E-state index in [2.05, 4.69) is 31.0 Å². The van der Waals surface area contributed by atoms with Crippen LogP contribution in [0.5, 0.6) is 0 Å². The molecule has 0 unspecified atom stereocenters. The number of fused-ring (bicyclic) bond motifs is 1. The van der Waals surface area contributed by atoms with Gasteiger partial charge in [-0.05, 0) is 32.1 Å². The van der Waals surface area contributed by atoms with Crippen LogP contribution < -0.4 is 5.43 Å². The van der Waals surface area contributed by atoms with E-state index in [0.29, 0.717) is 22.9 Å². The zero-order valence-corrected chi connectivity index (χ0v) is 14.5. The van der Waals surface area contributed by atoms with Gasteiger partial charge in [0.05, 0.1) is 11.7 Å². The monoisotopic (exact) mass is 328 g/mol. The Morgan fingerprint density at radius 3 is 2.71 bits per heavy atom. The molecule has 1 fully saturated rings. The lowest BCUT2D eigenvalue weighted by Crippen LogP contribution is -2.37. The fourth-order valence-corrected chi connectivity index (χ4v) is 3.56. The Labute approximate surface area is 141 Å². The van der Waals surface area contributed by atoms with E-state index in [1.807, 2.05) is 23.1 Å². The highest BCUT2D eigenvalue weighted by molar-refractivity contribution is 5.81. The van der Waals surface area contributed by atoms with Crippen molar-refractivity contribution in [2.45, 2.75) is 25.9 Å². The van der Waals surface area contributed by atoms with Crippen molar-refractivity contribution in [2.75, 3.05) is 27.2 Å². The highest BCUT2D eigenvalue weighted by Crippen LogP contribution is 2.23. The molecule has 0 saturated carbocycles. The minimum Gasteiger partial charge on any atom is -0.339 e. The summed E-state index contributed by atoms with van der Waals surface area (Å²) in [6.45, 7) is 3.88. The smallest absolute Gasteiger partial charge is 0.244 e. The predicted octanol–water partition coefficient (Wildman–Crippen LogP) is 1.20. The first kappa shape index (κ1) is 16.6. The molecule has 0 radical (unpaired) electrons. The van der Waals surface area contributed by atoms with Crippen LogP contribution in [-0.4, -0.2) is 58.7 Å². The van der Waals surface area contributed by atoms with Crippen molar-refractivity contribution in [3.8, 4) is 0 Å². The van der Waals surface area contributed by atoms with Crippen LogP contribution in [0.1, 0.15) is 13.3 Å². The molecule has 1 aromatic carbocycles. The molecule has 1 aliphatic rings. The van der Waals surface area contributed by atoms with Crippen molar-refractivity contribution in [3.63, 3.8) is 0 Å². The van der Waals surface area contributed by atoms with Gasteiger partial charge < -0.3 is 9.80 Å².